The number of rotatable bonds is 2. The van der Waals surface area contributed by atoms with Crippen molar-refractivity contribution in [1.82, 2.24) is 0 Å². The van der Waals surface area contributed by atoms with Crippen molar-refractivity contribution in [1.29, 1.82) is 0 Å². The van der Waals surface area contributed by atoms with Crippen molar-refractivity contribution < 1.29 is 14.3 Å². The van der Waals surface area contributed by atoms with Crippen LogP contribution in [0.5, 0.6) is 5.75 Å². The predicted octanol–water partition coefficient (Wildman–Crippen LogP) is 1.25. The van der Waals surface area contributed by atoms with Crippen LogP contribution in [-0.4, -0.2) is 19.2 Å². The second kappa shape index (κ2) is 3.01. The Kier molecular flexibility index (Phi) is 1.85. The van der Waals surface area contributed by atoms with Gasteiger partial charge in [0.15, 0.2) is 0 Å². The van der Waals surface area contributed by atoms with E-state index in [2.05, 4.69) is 0 Å². The molecule has 0 bridgehead atoms. The number of fused-ring (bicyclic) bond motifs is 1. The van der Waals surface area contributed by atoms with Crippen molar-refractivity contribution in [3.63, 3.8) is 0 Å². The second-order valence-corrected chi connectivity index (χ2v) is 2.92. The molecule has 0 aromatic heterocycles. The maximum atomic E-state index is 10.7. The molecule has 0 radical (unpaired) electrons. The summed E-state index contributed by atoms with van der Waals surface area (Å²) in [5.41, 5.74) is 1.97. The van der Waals surface area contributed by atoms with Crippen molar-refractivity contribution >= 4 is 12.6 Å². The van der Waals surface area contributed by atoms with Crippen LogP contribution in [-0.2, 0) is 6.42 Å². The number of carbonyl (C=O) groups excluding carboxylic acids is 2. The highest BCUT2D eigenvalue weighted by atomic mass is 16.5. The molecule has 0 saturated carbocycles. The second-order valence-electron chi connectivity index (χ2n) is 2.92. The predicted molar refractivity (Wildman–Crippen MR) is 46.4 cm³/mol. The Bertz CT molecular complexity index is 369. The summed E-state index contributed by atoms with van der Waals surface area (Å²) in [6.45, 7) is 0.596. The molecule has 66 valence electrons. The molecule has 0 N–H and O–H groups in total. The molecule has 3 heteroatoms. The van der Waals surface area contributed by atoms with Crippen molar-refractivity contribution in [3.05, 3.63) is 28.8 Å². The highest BCUT2D eigenvalue weighted by molar-refractivity contribution is 5.85. The van der Waals surface area contributed by atoms with Gasteiger partial charge in [0.1, 0.15) is 18.3 Å². The molecule has 0 saturated heterocycles. The van der Waals surface area contributed by atoms with Crippen molar-refractivity contribution in [2.75, 3.05) is 6.61 Å². The highest BCUT2D eigenvalue weighted by Gasteiger charge is 2.16. The summed E-state index contributed by atoms with van der Waals surface area (Å²) in [6.07, 6.45) is 2.23. The lowest BCUT2D eigenvalue weighted by atomic mass is 10.0. The van der Waals surface area contributed by atoms with Crippen LogP contribution < -0.4 is 4.74 Å². The third kappa shape index (κ3) is 1.22. The number of aldehydes is 2. The van der Waals surface area contributed by atoms with E-state index < -0.39 is 0 Å². The minimum atomic E-state index is 0.489. The van der Waals surface area contributed by atoms with E-state index in [1.807, 2.05) is 0 Å². The maximum Gasteiger partial charge on any atom is 0.150 e. The van der Waals surface area contributed by atoms with E-state index in [1.54, 1.807) is 12.1 Å². The van der Waals surface area contributed by atoms with Crippen LogP contribution in [0.4, 0.5) is 0 Å². The van der Waals surface area contributed by atoms with Crippen molar-refractivity contribution in [2.24, 2.45) is 0 Å². The van der Waals surface area contributed by atoms with Crippen molar-refractivity contribution in [2.45, 2.75) is 6.42 Å². The number of carbonyl (C=O) groups is 2. The summed E-state index contributed by atoms with van der Waals surface area (Å²) in [5, 5.41) is 0. The lowest BCUT2D eigenvalue weighted by molar-refractivity contribution is 0.112. The Balaban J connectivity index is 2.61. The van der Waals surface area contributed by atoms with Crippen LogP contribution in [0.15, 0.2) is 12.1 Å². The van der Waals surface area contributed by atoms with Gasteiger partial charge >= 0.3 is 0 Å². The summed E-state index contributed by atoms with van der Waals surface area (Å²) in [5.74, 6) is 0.673. The number of hydrogen-bond donors (Lipinski definition) is 0. The lowest BCUT2D eigenvalue weighted by Gasteiger charge is -2.01. The molecule has 3 nitrogen and oxygen atoms in total. The minimum absolute atomic E-state index is 0.489. The third-order valence-corrected chi connectivity index (χ3v) is 2.14. The summed E-state index contributed by atoms with van der Waals surface area (Å²) >= 11 is 0. The van der Waals surface area contributed by atoms with E-state index in [1.165, 1.54) is 0 Å². The van der Waals surface area contributed by atoms with Crippen LogP contribution >= 0.6 is 0 Å². The average molecular weight is 176 g/mol. The van der Waals surface area contributed by atoms with E-state index in [-0.39, 0.29) is 0 Å². The van der Waals surface area contributed by atoms with Gasteiger partial charge in [-0.1, -0.05) is 0 Å². The summed E-state index contributed by atoms with van der Waals surface area (Å²) in [7, 11) is 0. The fourth-order valence-electron chi connectivity index (χ4n) is 1.52. The average Bonchev–Trinajstić information content (AvgIpc) is 2.63. The smallest absolute Gasteiger partial charge is 0.150 e. The molecule has 0 unspecified atom stereocenters. The molecular formula is C10H8O3. The molecule has 1 aliphatic heterocycles. The molecular weight excluding hydrogens is 168 g/mol. The standard InChI is InChI=1S/C10H8O3/c11-5-7-3-8(6-12)9-1-2-13-10(9)4-7/h3-6H,1-2H2. The highest BCUT2D eigenvalue weighted by Crippen LogP contribution is 2.28. The van der Waals surface area contributed by atoms with E-state index in [0.717, 1.165) is 24.6 Å². The van der Waals surface area contributed by atoms with Gasteiger partial charge in [-0.05, 0) is 12.1 Å². The summed E-state index contributed by atoms with van der Waals surface area (Å²) in [4.78, 5) is 21.2. The van der Waals surface area contributed by atoms with Crippen LogP contribution in [0.1, 0.15) is 26.3 Å². The van der Waals surface area contributed by atoms with E-state index in [9.17, 15) is 9.59 Å². The molecule has 13 heavy (non-hydrogen) atoms. The van der Waals surface area contributed by atoms with Crippen LogP contribution in [0.2, 0.25) is 0 Å². The zero-order valence-electron chi connectivity index (χ0n) is 6.95. The molecule has 0 atom stereocenters. The Morgan fingerprint density at radius 2 is 2.08 bits per heavy atom. The molecule has 1 aromatic rings. The number of ether oxygens (including phenoxy) is 1. The quantitative estimate of drug-likeness (QED) is 0.637. The molecule has 1 heterocycles. The largest absolute Gasteiger partial charge is 0.493 e. The Morgan fingerprint density at radius 1 is 1.23 bits per heavy atom. The molecule has 0 spiro atoms. The first-order chi connectivity index (χ1) is 6.35. The van der Waals surface area contributed by atoms with Crippen LogP contribution in [0.3, 0.4) is 0 Å². The number of hydrogen-bond acceptors (Lipinski definition) is 3. The number of benzene rings is 1. The summed E-state index contributed by atoms with van der Waals surface area (Å²) in [6, 6.07) is 3.26. The fraction of sp³-hybridized carbons (Fsp3) is 0.200. The Hall–Kier alpha value is -1.64. The third-order valence-electron chi connectivity index (χ3n) is 2.14. The van der Waals surface area contributed by atoms with Gasteiger partial charge in [-0.2, -0.15) is 0 Å². The van der Waals surface area contributed by atoms with E-state index in [4.69, 9.17) is 4.74 Å². The van der Waals surface area contributed by atoms with Gasteiger partial charge in [0.05, 0.1) is 6.61 Å². The molecule has 2 rings (SSSR count). The van der Waals surface area contributed by atoms with Gasteiger partial charge in [0, 0.05) is 23.1 Å². The van der Waals surface area contributed by atoms with Gasteiger partial charge in [-0.15, -0.1) is 0 Å². The Labute approximate surface area is 75.3 Å². The van der Waals surface area contributed by atoms with E-state index >= 15 is 0 Å². The fourth-order valence-corrected chi connectivity index (χ4v) is 1.52. The van der Waals surface area contributed by atoms with Crippen molar-refractivity contribution in [3.8, 4) is 5.75 Å². The van der Waals surface area contributed by atoms with Crippen LogP contribution in [0, 0.1) is 0 Å². The van der Waals surface area contributed by atoms with Crippen LogP contribution in [0.25, 0.3) is 0 Å². The first kappa shape index (κ1) is 7.98. The molecule has 1 aromatic carbocycles. The SMILES string of the molecule is O=Cc1cc(C=O)c2c(c1)OCC2. The van der Waals surface area contributed by atoms with Gasteiger partial charge in [-0.25, -0.2) is 0 Å². The molecule has 1 aliphatic rings. The first-order valence-electron chi connectivity index (χ1n) is 4.05. The summed E-state index contributed by atoms with van der Waals surface area (Å²) < 4.78 is 5.27. The monoisotopic (exact) mass is 176 g/mol. The lowest BCUT2D eigenvalue weighted by Crippen LogP contribution is -1.91. The first-order valence-corrected chi connectivity index (χ1v) is 4.05. The van der Waals surface area contributed by atoms with Gasteiger partial charge in [0.2, 0.25) is 0 Å². The van der Waals surface area contributed by atoms with Gasteiger partial charge in [-0.3, -0.25) is 9.59 Å². The van der Waals surface area contributed by atoms with Gasteiger partial charge < -0.3 is 4.74 Å². The molecule has 0 aliphatic carbocycles. The minimum Gasteiger partial charge on any atom is -0.493 e. The molecule has 0 fully saturated rings. The van der Waals surface area contributed by atoms with Gasteiger partial charge in [0.25, 0.3) is 0 Å². The normalized spacial score (nSPS) is 13.2. The maximum absolute atomic E-state index is 10.7. The topological polar surface area (TPSA) is 43.4 Å². The Morgan fingerprint density at radius 3 is 2.77 bits per heavy atom. The zero-order valence-corrected chi connectivity index (χ0v) is 6.95. The zero-order chi connectivity index (χ0) is 9.26. The van der Waals surface area contributed by atoms with E-state index in [0.29, 0.717) is 23.5 Å². The molecule has 0 amide bonds.